The van der Waals surface area contributed by atoms with Gasteiger partial charge in [0, 0.05) is 0 Å². The number of alkyl halides is 8. The molecule has 2 atom stereocenters. The van der Waals surface area contributed by atoms with Crippen LogP contribution < -0.4 is 0 Å². The molecule has 0 aromatic rings. The average molecular weight is 214 g/mol. The summed E-state index contributed by atoms with van der Waals surface area (Å²) in [4.78, 5) is 0. The fourth-order valence-corrected chi connectivity index (χ4v) is 1.06. The predicted molar refractivity (Wildman–Crippen MR) is 24.3 cm³/mol. The van der Waals surface area contributed by atoms with Gasteiger partial charge in [0.05, 0.1) is 0 Å². The summed E-state index contributed by atoms with van der Waals surface area (Å²) in [6.07, 6.45) is -9.51. The van der Waals surface area contributed by atoms with E-state index in [1.54, 1.807) is 0 Å². The molecule has 0 amide bonds. The normalized spacial score (nSPS) is 36.9. The smallest absolute Gasteiger partial charge is 0.240 e. The van der Waals surface area contributed by atoms with Crippen LogP contribution in [-0.2, 0) is 0 Å². The zero-order valence-electron chi connectivity index (χ0n) is 5.68. The lowest BCUT2D eigenvalue weighted by Gasteiger charge is -2.46. The van der Waals surface area contributed by atoms with Crippen LogP contribution in [0.5, 0.6) is 0 Å². The van der Waals surface area contributed by atoms with E-state index in [2.05, 4.69) is 0 Å². The van der Waals surface area contributed by atoms with E-state index in [9.17, 15) is 35.1 Å². The lowest BCUT2D eigenvalue weighted by molar-refractivity contribution is -0.409. The van der Waals surface area contributed by atoms with Gasteiger partial charge in [-0.2, -0.15) is 30.7 Å². The molecule has 0 heterocycles. The van der Waals surface area contributed by atoms with Gasteiger partial charge in [-0.15, -0.1) is 0 Å². The molecular formula is C5H2F8. The molecule has 1 saturated carbocycles. The molecule has 1 aliphatic rings. The van der Waals surface area contributed by atoms with Crippen LogP contribution in [0.25, 0.3) is 0 Å². The fourth-order valence-electron chi connectivity index (χ4n) is 1.06. The molecule has 2 unspecified atom stereocenters. The Kier molecular flexibility index (Phi) is 1.84. The topological polar surface area (TPSA) is 0 Å². The first-order valence-electron chi connectivity index (χ1n) is 2.99. The van der Waals surface area contributed by atoms with Crippen LogP contribution >= 0.6 is 0 Å². The van der Waals surface area contributed by atoms with Crippen molar-refractivity contribution in [3.63, 3.8) is 0 Å². The monoisotopic (exact) mass is 214 g/mol. The molecule has 0 aliphatic heterocycles. The molecule has 0 radical (unpaired) electrons. The van der Waals surface area contributed by atoms with Crippen LogP contribution in [0, 0.1) is 5.92 Å². The highest BCUT2D eigenvalue weighted by atomic mass is 19.4. The minimum atomic E-state index is -5.65. The molecule has 0 aromatic carbocycles. The Balaban J connectivity index is 2.95. The van der Waals surface area contributed by atoms with E-state index in [0.717, 1.165) is 0 Å². The van der Waals surface area contributed by atoms with Gasteiger partial charge in [0.25, 0.3) is 0 Å². The van der Waals surface area contributed by atoms with E-state index >= 15 is 0 Å². The molecule has 0 aromatic heterocycles. The summed E-state index contributed by atoms with van der Waals surface area (Å²) in [5, 5.41) is 0. The number of rotatable bonds is 0. The second kappa shape index (κ2) is 2.27. The molecule has 1 aliphatic carbocycles. The van der Waals surface area contributed by atoms with Crippen molar-refractivity contribution in [1.29, 1.82) is 0 Å². The van der Waals surface area contributed by atoms with Crippen molar-refractivity contribution in [1.82, 2.24) is 0 Å². The molecule has 1 fully saturated rings. The second-order valence-electron chi connectivity index (χ2n) is 2.67. The average Bonchev–Trinajstić information content (AvgIpc) is 1.82. The summed E-state index contributed by atoms with van der Waals surface area (Å²) >= 11 is 0. The quantitative estimate of drug-likeness (QED) is 0.544. The summed E-state index contributed by atoms with van der Waals surface area (Å²) in [6, 6.07) is 0. The van der Waals surface area contributed by atoms with Crippen molar-refractivity contribution in [2.24, 2.45) is 5.92 Å². The Labute approximate surface area is 66.5 Å². The van der Waals surface area contributed by atoms with Gasteiger partial charge in [-0.3, -0.25) is 0 Å². The van der Waals surface area contributed by atoms with Gasteiger partial charge in [0.15, 0.2) is 12.1 Å². The number of hydrogen-bond acceptors (Lipinski definition) is 0. The van der Waals surface area contributed by atoms with Gasteiger partial charge in [0.1, 0.15) is 0 Å². The third kappa shape index (κ3) is 1.10. The lowest BCUT2D eigenvalue weighted by Crippen LogP contribution is -2.72. The molecular weight excluding hydrogens is 212 g/mol. The second-order valence-corrected chi connectivity index (χ2v) is 2.67. The Hall–Kier alpha value is -0.560. The largest absolute Gasteiger partial charge is 0.400 e. The number of halogens is 8. The predicted octanol–water partition coefficient (Wildman–Crippen LogP) is 2.79. The first-order chi connectivity index (χ1) is 5.53. The third-order valence-corrected chi connectivity index (χ3v) is 1.83. The summed E-state index contributed by atoms with van der Waals surface area (Å²) in [6.45, 7) is 0. The highest BCUT2D eigenvalue weighted by Gasteiger charge is 2.86. The maximum Gasteiger partial charge on any atom is 0.400 e. The Morgan fingerprint density at radius 1 is 0.846 bits per heavy atom. The van der Waals surface area contributed by atoms with Gasteiger partial charge in [0.2, 0.25) is 0 Å². The zero-order valence-corrected chi connectivity index (χ0v) is 5.68. The highest BCUT2D eigenvalue weighted by molar-refractivity contribution is 5.13. The van der Waals surface area contributed by atoms with Gasteiger partial charge in [-0.1, -0.05) is 0 Å². The van der Waals surface area contributed by atoms with Gasteiger partial charge >= 0.3 is 18.0 Å². The van der Waals surface area contributed by atoms with Crippen LogP contribution in [0.1, 0.15) is 0 Å². The van der Waals surface area contributed by atoms with Crippen molar-refractivity contribution in [3.8, 4) is 0 Å². The van der Waals surface area contributed by atoms with Crippen LogP contribution in [0.3, 0.4) is 0 Å². The van der Waals surface area contributed by atoms with E-state index in [1.807, 2.05) is 0 Å². The van der Waals surface area contributed by atoms with E-state index in [0.29, 0.717) is 0 Å². The van der Waals surface area contributed by atoms with Gasteiger partial charge < -0.3 is 0 Å². The summed E-state index contributed by atoms with van der Waals surface area (Å²) in [5.74, 6) is -14.5. The van der Waals surface area contributed by atoms with Gasteiger partial charge in [-0.05, 0) is 0 Å². The SMILES string of the molecule is FC1C(C(F)(F)F)C(F)(F)C1(F)F. The highest BCUT2D eigenvalue weighted by Crippen LogP contribution is 2.61. The van der Waals surface area contributed by atoms with Gasteiger partial charge in [-0.25, -0.2) is 4.39 Å². The lowest BCUT2D eigenvalue weighted by atomic mass is 9.74. The molecule has 1 rings (SSSR count). The molecule has 0 bridgehead atoms. The molecule has 0 spiro atoms. The van der Waals surface area contributed by atoms with E-state index in [-0.39, 0.29) is 0 Å². The van der Waals surface area contributed by atoms with Crippen molar-refractivity contribution >= 4 is 0 Å². The first-order valence-corrected chi connectivity index (χ1v) is 2.99. The molecule has 8 heteroatoms. The van der Waals surface area contributed by atoms with Crippen molar-refractivity contribution in [3.05, 3.63) is 0 Å². The van der Waals surface area contributed by atoms with Crippen LogP contribution in [0.2, 0.25) is 0 Å². The van der Waals surface area contributed by atoms with E-state index in [4.69, 9.17) is 0 Å². The zero-order chi connectivity index (χ0) is 10.7. The molecule has 13 heavy (non-hydrogen) atoms. The summed E-state index contributed by atoms with van der Waals surface area (Å²) in [5.41, 5.74) is 0. The minimum absolute atomic E-state index is 3.86. The maximum atomic E-state index is 12.0. The van der Waals surface area contributed by atoms with Crippen LogP contribution in [-0.4, -0.2) is 24.2 Å². The molecule has 78 valence electrons. The molecule has 0 saturated heterocycles. The van der Waals surface area contributed by atoms with Crippen LogP contribution in [0.4, 0.5) is 35.1 Å². The Morgan fingerprint density at radius 2 is 1.23 bits per heavy atom. The first kappa shape index (κ1) is 10.5. The summed E-state index contributed by atoms with van der Waals surface area (Å²) in [7, 11) is 0. The van der Waals surface area contributed by atoms with Crippen molar-refractivity contribution in [2.45, 2.75) is 24.2 Å². The van der Waals surface area contributed by atoms with E-state index < -0.39 is 30.1 Å². The standard InChI is InChI=1S/C5H2F8/c6-2-1(5(11,12)13)3(7,8)4(2,9)10/h1-2H. The van der Waals surface area contributed by atoms with Crippen molar-refractivity contribution < 1.29 is 35.1 Å². The Bertz CT molecular complexity index is 215. The van der Waals surface area contributed by atoms with Crippen molar-refractivity contribution in [2.75, 3.05) is 0 Å². The number of hydrogen-bond donors (Lipinski definition) is 0. The third-order valence-electron chi connectivity index (χ3n) is 1.83. The summed E-state index contributed by atoms with van der Waals surface area (Å²) < 4.78 is 94.4. The maximum absolute atomic E-state index is 12.0. The fraction of sp³-hybridized carbons (Fsp3) is 1.00. The minimum Gasteiger partial charge on any atom is -0.240 e. The van der Waals surface area contributed by atoms with E-state index in [1.165, 1.54) is 0 Å². The van der Waals surface area contributed by atoms with Crippen LogP contribution in [0.15, 0.2) is 0 Å². The molecule has 0 N–H and O–H groups in total. The Morgan fingerprint density at radius 3 is 1.38 bits per heavy atom. The molecule has 0 nitrogen and oxygen atoms in total.